The van der Waals surface area contributed by atoms with E-state index in [1.54, 1.807) is 0 Å². The zero-order valence-corrected chi connectivity index (χ0v) is 8.65. The standard InChI is InChI=1S/Ca.H2O4S.2O.Ti/c;1-5(2,3)4;;;/h;(H2,1,2,3,4);;;/q+2;;;;/p-2. The molecule has 0 aliphatic heterocycles. The molecule has 0 saturated heterocycles. The molecule has 0 aromatic heterocycles. The maximum absolute atomic E-state index is 8.52. The molecule has 0 aromatic rings. The average molecular weight is 216 g/mol. The third-order valence-corrected chi connectivity index (χ3v) is 0. The topological polar surface area (TPSA) is 114 Å². The SMILES string of the molecule is O=S(=O)([O-])[O-].[Ca+2].[O]=[Ti]=[O]. The molecule has 6 nitrogen and oxygen atoms in total. The summed E-state index contributed by atoms with van der Waals surface area (Å²) in [4.78, 5) is 0. The Hall–Kier alpha value is 1.44. The fourth-order valence-corrected chi connectivity index (χ4v) is 0. The van der Waals surface area contributed by atoms with E-state index in [0.29, 0.717) is 0 Å². The summed E-state index contributed by atoms with van der Waals surface area (Å²) >= 11 is -2.00. The summed E-state index contributed by atoms with van der Waals surface area (Å²) < 4.78 is 51.1. The van der Waals surface area contributed by atoms with E-state index in [-0.39, 0.29) is 37.7 Å². The van der Waals surface area contributed by atoms with Gasteiger partial charge in [-0.25, -0.2) is 0 Å². The second-order valence-electron chi connectivity index (χ2n) is 0.492. The molecule has 0 saturated carbocycles. The molecular formula is CaO6STi. The van der Waals surface area contributed by atoms with Crippen LogP contribution in [0, 0.1) is 0 Å². The van der Waals surface area contributed by atoms with E-state index in [0.717, 1.165) is 0 Å². The van der Waals surface area contributed by atoms with Crippen molar-refractivity contribution in [1.82, 2.24) is 0 Å². The van der Waals surface area contributed by atoms with Gasteiger partial charge in [0.1, 0.15) is 0 Å². The number of rotatable bonds is 0. The van der Waals surface area contributed by atoms with E-state index < -0.39 is 29.5 Å². The monoisotopic (exact) mass is 216 g/mol. The second-order valence-corrected chi connectivity index (χ2v) is 1.57. The molecule has 0 unspecified atom stereocenters. The van der Waals surface area contributed by atoms with Gasteiger partial charge in [-0.3, -0.25) is 8.42 Å². The first-order chi connectivity index (χ1) is 3.41. The molecule has 0 spiro atoms. The van der Waals surface area contributed by atoms with Crippen LogP contribution >= 0.6 is 0 Å². The van der Waals surface area contributed by atoms with Gasteiger partial charge in [0, 0.05) is 10.4 Å². The number of hydrogen-bond acceptors (Lipinski definition) is 6. The molecule has 0 radical (unpaired) electrons. The first-order valence-electron chi connectivity index (χ1n) is 1.07. The van der Waals surface area contributed by atoms with Crippen LogP contribution in [0.1, 0.15) is 0 Å². The van der Waals surface area contributed by atoms with E-state index in [2.05, 4.69) is 0 Å². The molecule has 0 atom stereocenters. The summed E-state index contributed by atoms with van der Waals surface area (Å²) in [6.07, 6.45) is 0. The van der Waals surface area contributed by atoms with Gasteiger partial charge >= 0.3 is 63.5 Å². The minimum absolute atomic E-state index is 0. The van der Waals surface area contributed by atoms with Crippen LogP contribution < -0.4 is 0 Å². The summed E-state index contributed by atoms with van der Waals surface area (Å²) in [7, 11) is -5.17. The molecule has 0 heterocycles. The zero-order valence-electron chi connectivity index (χ0n) is 4.06. The third kappa shape index (κ3) is 251. The summed E-state index contributed by atoms with van der Waals surface area (Å²) in [5, 5.41) is 0. The van der Waals surface area contributed by atoms with E-state index in [1.807, 2.05) is 0 Å². The molecule has 0 N–H and O–H groups in total. The van der Waals surface area contributed by atoms with E-state index in [1.165, 1.54) is 0 Å². The second kappa shape index (κ2) is 9.44. The summed E-state index contributed by atoms with van der Waals surface area (Å²) in [6, 6.07) is 0. The van der Waals surface area contributed by atoms with Gasteiger partial charge in [-0.2, -0.15) is 0 Å². The van der Waals surface area contributed by atoms with Crippen LogP contribution in [-0.2, 0) is 36.1 Å². The Morgan fingerprint density at radius 3 is 1.11 bits per heavy atom. The fraction of sp³-hybridized carbons (Fsp3) is 0. The van der Waals surface area contributed by atoms with Crippen molar-refractivity contribution >= 4 is 48.1 Å². The van der Waals surface area contributed by atoms with Crippen molar-refractivity contribution in [3.8, 4) is 0 Å². The first kappa shape index (κ1) is 16.8. The summed E-state index contributed by atoms with van der Waals surface area (Å²) in [5.41, 5.74) is 0. The van der Waals surface area contributed by atoms with Gasteiger partial charge < -0.3 is 9.11 Å². The van der Waals surface area contributed by atoms with Crippen LogP contribution in [-0.4, -0.2) is 55.3 Å². The maximum atomic E-state index is 8.52. The van der Waals surface area contributed by atoms with Crippen LogP contribution in [0.2, 0.25) is 0 Å². The van der Waals surface area contributed by atoms with Crippen LogP contribution in [0.15, 0.2) is 0 Å². The van der Waals surface area contributed by atoms with Crippen molar-refractivity contribution in [2.24, 2.45) is 0 Å². The van der Waals surface area contributed by atoms with Gasteiger partial charge in [0.15, 0.2) is 0 Å². The summed E-state index contributed by atoms with van der Waals surface area (Å²) in [5.74, 6) is 0. The van der Waals surface area contributed by atoms with E-state index in [9.17, 15) is 0 Å². The molecule has 0 fully saturated rings. The zero-order chi connectivity index (χ0) is 7.21. The Bertz CT molecular complexity index is 153. The molecule has 0 amide bonds. The van der Waals surface area contributed by atoms with Gasteiger partial charge in [0.25, 0.3) is 0 Å². The predicted molar refractivity (Wildman–Crippen MR) is 17.6 cm³/mol. The predicted octanol–water partition coefficient (Wildman–Crippen LogP) is -1.96. The molecule has 48 valence electrons. The first-order valence-corrected chi connectivity index (χ1v) is 3.68. The van der Waals surface area contributed by atoms with Gasteiger partial charge in [-0.1, -0.05) is 0 Å². The quantitative estimate of drug-likeness (QED) is 0.264. The van der Waals surface area contributed by atoms with Crippen molar-refractivity contribution in [2.75, 3.05) is 0 Å². The Morgan fingerprint density at radius 1 is 1.11 bits per heavy atom. The Labute approximate surface area is 90.2 Å². The Morgan fingerprint density at radius 2 is 1.11 bits per heavy atom. The Kier molecular flexibility index (Phi) is 17.6. The molecule has 0 bridgehead atoms. The normalized spacial score (nSPS) is 7.33. The van der Waals surface area contributed by atoms with Crippen molar-refractivity contribution in [3.05, 3.63) is 0 Å². The van der Waals surface area contributed by atoms with Crippen molar-refractivity contribution in [2.45, 2.75) is 0 Å². The van der Waals surface area contributed by atoms with Crippen molar-refractivity contribution < 1.29 is 43.3 Å². The molecule has 0 aliphatic rings. The van der Waals surface area contributed by atoms with Gasteiger partial charge in [-0.15, -0.1) is 0 Å². The van der Waals surface area contributed by atoms with Crippen molar-refractivity contribution in [3.63, 3.8) is 0 Å². The van der Waals surface area contributed by atoms with Crippen molar-refractivity contribution in [1.29, 1.82) is 0 Å². The average Bonchev–Trinajstić information content (AvgIpc) is 1.27. The molecule has 9 heavy (non-hydrogen) atoms. The van der Waals surface area contributed by atoms with E-state index in [4.69, 9.17) is 24.2 Å². The Balaban J connectivity index is -0.0000000800. The van der Waals surface area contributed by atoms with Gasteiger partial charge in [0.05, 0.1) is 0 Å². The van der Waals surface area contributed by atoms with Crippen LogP contribution in [0.25, 0.3) is 0 Å². The number of hydrogen-bond donors (Lipinski definition) is 0. The van der Waals surface area contributed by atoms with Crippen LogP contribution in [0.3, 0.4) is 0 Å². The van der Waals surface area contributed by atoms with E-state index >= 15 is 0 Å². The fourth-order valence-electron chi connectivity index (χ4n) is 0. The molecule has 0 rings (SSSR count). The minimum atomic E-state index is -5.17. The third-order valence-electron chi connectivity index (χ3n) is 0. The molecule has 0 aliphatic carbocycles. The van der Waals surface area contributed by atoms with Gasteiger partial charge in [0.2, 0.25) is 0 Å². The van der Waals surface area contributed by atoms with Crippen LogP contribution in [0.4, 0.5) is 0 Å². The van der Waals surface area contributed by atoms with Gasteiger partial charge in [-0.05, 0) is 0 Å². The molecule has 0 aromatic carbocycles. The molecular weight excluding hydrogens is 216 g/mol. The molecule has 9 heteroatoms. The summed E-state index contributed by atoms with van der Waals surface area (Å²) in [6.45, 7) is 0. The van der Waals surface area contributed by atoms with Crippen LogP contribution in [0.5, 0.6) is 0 Å².